The van der Waals surface area contributed by atoms with Crippen LogP contribution in [0.1, 0.15) is 111 Å². The molecule has 0 atom stereocenters. The molecule has 162 valence electrons. The Bertz CT molecular complexity index is 472. The minimum Gasteiger partial charge on any atom is -0.273 e. The van der Waals surface area contributed by atoms with Crippen molar-refractivity contribution < 1.29 is 14.4 Å². The fourth-order valence-corrected chi connectivity index (χ4v) is 4.09. The highest BCUT2D eigenvalue weighted by atomic mass is 16.2. The average molecular weight is 395 g/mol. The Kier molecular flexibility index (Phi) is 11.4. The molecule has 0 spiro atoms. The number of unbranched alkanes of at least 4 members (excludes halogenated alkanes) is 8. The number of barbiturate groups is 1. The Morgan fingerprint density at radius 3 is 1.46 bits per heavy atom. The van der Waals surface area contributed by atoms with Gasteiger partial charge in [-0.25, -0.2) is 4.79 Å². The van der Waals surface area contributed by atoms with E-state index in [1.165, 1.54) is 22.6 Å². The number of urea groups is 1. The molecular weight excluding hydrogens is 352 g/mol. The van der Waals surface area contributed by atoms with Gasteiger partial charge in [-0.05, 0) is 25.7 Å². The van der Waals surface area contributed by atoms with E-state index in [4.69, 9.17) is 0 Å². The molecule has 28 heavy (non-hydrogen) atoms. The van der Waals surface area contributed by atoms with E-state index >= 15 is 0 Å². The molecule has 0 saturated carbocycles. The lowest BCUT2D eigenvalue weighted by Crippen LogP contribution is -2.65. The molecule has 1 heterocycles. The Morgan fingerprint density at radius 1 is 0.607 bits per heavy atom. The molecule has 0 bridgehead atoms. The summed E-state index contributed by atoms with van der Waals surface area (Å²) in [5, 5.41) is 0. The van der Waals surface area contributed by atoms with Gasteiger partial charge in [-0.3, -0.25) is 19.4 Å². The van der Waals surface area contributed by atoms with E-state index in [0.717, 1.165) is 57.8 Å². The molecule has 5 heteroatoms. The van der Waals surface area contributed by atoms with Crippen LogP contribution in [0.15, 0.2) is 0 Å². The molecule has 1 aliphatic rings. The first-order valence-corrected chi connectivity index (χ1v) is 11.7. The van der Waals surface area contributed by atoms with Crippen LogP contribution in [0, 0.1) is 5.41 Å². The van der Waals surface area contributed by atoms with Gasteiger partial charge in [0.15, 0.2) is 0 Å². The summed E-state index contributed by atoms with van der Waals surface area (Å²) in [6, 6.07) is -0.391. The van der Waals surface area contributed by atoms with Crippen LogP contribution in [-0.2, 0) is 9.59 Å². The Hall–Kier alpha value is -1.39. The minimum atomic E-state index is -1.04. The fraction of sp³-hybridized carbons (Fsp3) is 0.870. The summed E-state index contributed by atoms with van der Waals surface area (Å²) in [6.45, 7) is 9.17. The first-order chi connectivity index (χ1) is 13.5. The number of amides is 4. The third kappa shape index (κ3) is 6.05. The molecule has 0 aromatic heterocycles. The maximum absolute atomic E-state index is 13.3. The van der Waals surface area contributed by atoms with Crippen molar-refractivity contribution in [2.75, 3.05) is 13.1 Å². The maximum atomic E-state index is 13.3. The average Bonchev–Trinajstić information content (AvgIpc) is 2.69. The number of hydrogen-bond donors (Lipinski definition) is 0. The Morgan fingerprint density at radius 2 is 1.04 bits per heavy atom. The summed E-state index contributed by atoms with van der Waals surface area (Å²) >= 11 is 0. The zero-order valence-corrected chi connectivity index (χ0v) is 18.7. The first-order valence-electron chi connectivity index (χ1n) is 11.7. The molecule has 0 unspecified atom stereocenters. The SMILES string of the molecule is CCCCCCCC1(CC)C(=O)N(CCCCC)C(=O)N(CCCCC)C1=O. The molecule has 5 nitrogen and oxygen atoms in total. The Labute approximate surface area is 172 Å². The first kappa shape index (κ1) is 24.6. The third-order valence-corrected chi connectivity index (χ3v) is 6.05. The van der Waals surface area contributed by atoms with E-state index in [0.29, 0.717) is 25.9 Å². The quantitative estimate of drug-likeness (QED) is 0.256. The molecule has 0 aromatic rings. The van der Waals surface area contributed by atoms with E-state index in [2.05, 4.69) is 20.8 Å². The van der Waals surface area contributed by atoms with Crippen molar-refractivity contribution in [2.45, 2.75) is 111 Å². The second-order valence-corrected chi connectivity index (χ2v) is 8.21. The number of nitrogens with zero attached hydrogens (tertiary/aromatic N) is 2. The van der Waals surface area contributed by atoms with Crippen molar-refractivity contribution >= 4 is 17.8 Å². The van der Waals surface area contributed by atoms with Crippen molar-refractivity contribution in [3.8, 4) is 0 Å². The number of hydrogen-bond acceptors (Lipinski definition) is 3. The lowest BCUT2D eigenvalue weighted by molar-refractivity contribution is -0.160. The molecule has 0 radical (unpaired) electrons. The van der Waals surface area contributed by atoms with Crippen LogP contribution in [0.4, 0.5) is 4.79 Å². The van der Waals surface area contributed by atoms with Crippen LogP contribution in [0.5, 0.6) is 0 Å². The van der Waals surface area contributed by atoms with Gasteiger partial charge in [0.2, 0.25) is 11.8 Å². The summed E-state index contributed by atoms with van der Waals surface area (Å²) in [5.74, 6) is -0.494. The zero-order chi connectivity index (χ0) is 21.0. The van der Waals surface area contributed by atoms with Gasteiger partial charge in [0.1, 0.15) is 5.41 Å². The van der Waals surface area contributed by atoms with Crippen LogP contribution >= 0.6 is 0 Å². The summed E-state index contributed by atoms with van der Waals surface area (Å²) in [4.78, 5) is 42.4. The number of carbonyl (C=O) groups is 3. The zero-order valence-electron chi connectivity index (χ0n) is 18.7. The molecule has 1 fully saturated rings. The van der Waals surface area contributed by atoms with Gasteiger partial charge in [0, 0.05) is 13.1 Å². The highest BCUT2D eigenvalue weighted by molar-refractivity contribution is 6.19. The van der Waals surface area contributed by atoms with Crippen molar-refractivity contribution in [3.05, 3.63) is 0 Å². The van der Waals surface area contributed by atoms with Gasteiger partial charge >= 0.3 is 6.03 Å². The lowest BCUT2D eigenvalue weighted by Gasteiger charge is -2.44. The predicted molar refractivity (Wildman–Crippen MR) is 114 cm³/mol. The smallest absolute Gasteiger partial charge is 0.273 e. The topological polar surface area (TPSA) is 57.7 Å². The van der Waals surface area contributed by atoms with Crippen molar-refractivity contribution in [1.29, 1.82) is 0 Å². The van der Waals surface area contributed by atoms with Crippen LogP contribution < -0.4 is 0 Å². The van der Waals surface area contributed by atoms with Crippen molar-refractivity contribution in [2.24, 2.45) is 5.41 Å². The monoisotopic (exact) mass is 394 g/mol. The van der Waals surface area contributed by atoms with Crippen LogP contribution in [0.2, 0.25) is 0 Å². The van der Waals surface area contributed by atoms with Gasteiger partial charge in [0.25, 0.3) is 0 Å². The standard InChI is InChI=1S/C23H42N2O3/c1-5-9-12-13-14-17-23(8-4)20(26)24(18-15-10-6-2)22(28)25(21(23)27)19-16-11-7-3/h5-19H2,1-4H3. The van der Waals surface area contributed by atoms with Crippen LogP contribution in [0.25, 0.3) is 0 Å². The largest absolute Gasteiger partial charge is 0.333 e. The van der Waals surface area contributed by atoms with Gasteiger partial charge < -0.3 is 0 Å². The molecule has 1 aliphatic heterocycles. The highest BCUT2D eigenvalue weighted by Crippen LogP contribution is 2.38. The van der Waals surface area contributed by atoms with E-state index in [9.17, 15) is 14.4 Å². The van der Waals surface area contributed by atoms with Gasteiger partial charge in [-0.2, -0.15) is 0 Å². The van der Waals surface area contributed by atoms with Crippen molar-refractivity contribution in [3.63, 3.8) is 0 Å². The normalized spacial score (nSPS) is 16.9. The van der Waals surface area contributed by atoms with Crippen molar-refractivity contribution in [1.82, 2.24) is 9.80 Å². The molecule has 1 saturated heterocycles. The number of carbonyl (C=O) groups excluding carboxylic acids is 3. The fourth-order valence-electron chi connectivity index (χ4n) is 4.09. The molecule has 0 aromatic carbocycles. The molecular formula is C23H42N2O3. The predicted octanol–water partition coefficient (Wildman–Crippen LogP) is 5.91. The van der Waals surface area contributed by atoms with E-state index < -0.39 is 11.4 Å². The van der Waals surface area contributed by atoms with Gasteiger partial charge in [-0.15, -0.1) is 0 Å². The second-order valence-electron chi connectivity index (χ2n) is 8.21. The van der Waals surface area contributed by atoms with Gasteiger partial charge in [-0.1, -0.05) is 85.5 Å². The molecule has 0 aliphatic carbocycles. The van der Waals surface area contributed by atoms with E-state index in [1.54, 1.807) is 0 Å². The maximum Gasteiger partial charge on any atom is 0.333 e. The molecule has 1 rings (SSSR count). The third-order valence-electron chi connectivity index (χ3n) is 6.05. The summed E-state index contributed by atoms with van der Waals surface area (Å²) in [5.41, 5.74) is -1.04. The van der Waals surface area contributed by atoms with Crippen LogP contribution in [0.3, 0.4) is 0 Å². The second kappa shape index (κ2) is 12.9. The summed E-state index contributed by atoms with van der Waals surface area (Å²) in [7, 11) is 0. The highest BCUT2D eigenvalue weighted by Gasteiger charge is 2.55. The minimum absolute atomic E-state index is 0.247. The number of imide groups is 2. The summed E-state index contributed by atoms with van der Waals surface area (Å²) in [6.07, 6.45) is 12.1. The molecule has 4 amide bonds. The van der Waals surface area contributed by atoms with Crippen LogP contribution in [-0.4, -0.2) is 40.7 Å². The number of rotatable bonds is 15. The van der Waals surface area contributed by atoms with Gasteiger partial charge in [0.05, 0.1) is 0 Å². The Balaban J connectivity index is 3.01. The lowest BCUT2D eigenvalue weighted by atomic mass is 9.75. The summed E-state index contributed by atoms with van der Waals surface area (Å²) < 4.78 is 0. The van der Waals surface area contributed by atoms with E-state index in [1.807, 2.05) is 6.92 Å². The molecule has 0 N–H and O–H groups in total. The van der Waals surface area contributed by atoms with E-state index in [-0.39, 0.29) is 11.8 Å².